The van der Waals surface area contributed by atoms with Gasteiger partial charge < -0.3 is 5.11 Å². The molecule has 108 valence electrons. The maximum atomic E-state index is 11.9. The molecule has 0 aliphatic heterocycles. The van der Waals surface area contributed by atoms with Crippen LogP contribution in [-0.2, 0) is 21.2 Å². The molecule has 0 atom stereocenters. The Hall–Kier alpha value is -0.920. The smallest absolute Gasteiger partial charge is 0.308 e. The summed E-state index contributed by atoms with van der Waals surface area (Å²) >= 11 is 1.01. The van der Waals surface area contributed by atoms with Gasteiger partial charge in [0.25, 0.3) is 0 Å². The zero-order chi connectivity index (χ0) is 14.3. The Bertz CT molecular complexity index is 508. The second-order valence-electron chi connectivity index (χ2n) is 4.25. The summed E-state index contributed by atoms with van der Waals surface area (Å²) in [6.45, 7) is 2.52. The number of aliphatic carboxylic acids is 1. The first-order chi connectivity index (χ1) is 8.95. The standard InChI is InChI=1S/C12H19NO4S2/c1-2-3-4-5-8-13-19(16,17)12-7-6-10(18-12)9-11(14)15/h6-7,13H,2-5,8-9H2,1H3,(H,14,15). The number of sulfonamides is 1. The van der Waals surface area contributed by atoms with Crippen LogP contribution < -0.4 is 4.72 Å². The van der Waals surface area contributed by atoms with E-state index in [1.165, 1.54) is 6.07 Å². The van der Waals surface area contributed by atoms with Crippen LogP contribution in [0.5, 0.6) is 0 Å². The predicted octanol–water partition coefficient (Wildman–Crippen LogP) is 2.23. The lowest BCUT2D eigenvalue weighted by molar-refractivity contribution is -0.136. The number of carboxylic acids is 1. The van der Waals surface area contributed by atoms with Crippen LogP contribution in [0, 0.1) is 0 Å². The quantitative estimate of drug-likeness (QED) is 0.685. The minimum atomic E-state index is -3.49. The van der Waals surface area contributed by atoms with Gasteiger partial charge in [-0.3, -0.25) is 4.79 Å². The normalized spacial score (nSPS) is 11.6. The molecule has 1 aromatic heterocycles. The largest absolute Gasteiger partial charge is 0.481 e. The Kier molecular flexibility index (Phi) is 6.47. The molecule has 0 saturated carbocycles. The maximum Gasteiger partial charge on any atom is 0.308 e. The summed E-state index contributed by atoms with van der Waals surface area (Å²) in [6, 6.07) is 3.00. The molecule has 1 rings (SSSR count). The minimum absolute atomic E-state index is 0.142. The number of rotatable bonds is 9. The molecule has 19 heavy (non-hydrogen) atoms. The molecule has 0 aliphatic rings. The molecule has 7 heteroatoms. The Morgan fingerprint density at radius 2 is 2.05 bits per heavy atom. The molecule has 1 heterocycles. The third-order valence-corrected chi connectivity index (χ3v) is 5.59. The third-order valence-electron chi connectivity index (χ3n) is 2.55. The molecule has 0 unspecified atom stereocenters. The molecule has 1 aromatic rings. The lowest BCUT2D eigenvalue weighted by atomic mass is 10.2. The highest BCUT2D eigenvalue weighted by Crippen LogP contribution is 2.21. The van der Waals surface area contributed by atoms with Crippen molar-refractivity contribution in [2.75, 3.05) is 6.54 Å². The van der Waals surface area contributed by atoms with E-state index in [2.05, 4.69) is 11.6 Å². The summed E-state index contributed by atoms with van der Waals surface area (Å²) in [5.74, 6) is -0.960. The highest BCUT2D eigenvalue weighted by Gasteiger charge is 2.16. The summed E-state index contributed by atoms with van der Waals surface area (Å²) in [4.78, 5) is 11.1. The lowest BCUT2D eigenvalue weighted by Crippen LogP contribution is -2.23. The van der Waals surface area contributed by atoms with Crippen molar-refractivity contribution in [2.24, 2.45) is 0 Å². The third kappa shape index (κ3) is 5.71. The van der Waals surface area contributed by atoms with E-state index >= 15 is 0 Å². The van der Waals surface area contributed by atoms with E-state index in [0.29, 0.717) is 11.4 Å². The van der Waals surface area contributed by atoms with Crippen molar-refractivity contribution >= 4 is 27.3 Å². The van der Waals surface area contributed by atoms with E-state index in [0.717, 1.165) is 37.0 Å². The first kappa shape index (κ1) is 16.1. The van der Waals surface area contributed by atoms with Crippen molar-refractivity contribution in [1.82, 2.24) is 4.72 Å². The van der Waals surface area contributed by atoms with Gasteiger partial charge in [0.05, 0.1) is 6.42 Å². The molecule has 0 amide bonds. The molecule has 0 fully saturated rings. The van der Waals surface area contributed by atoms with E-state index in [4.69, 9.17) is 5.11 Å². The van der Waals surface area contributed by atoms with Gasteiger partial charge in [-0.2, -0.15) is 0 Å². The maximum absolute atomic E-state index is 11.9. The zero-order valence-electron chi connectivity index (χ0n) is 10.9. The summed E-state index contributed by atoms with van der Waals surface area (Å²) in [6.07, 6.45) is 3.89. The van der Waals surface area contributed by atoms with Crippen molar-refractivity contribution in [3.8, 4) is 0 Å². The molecule has 5 nitrogen and oxygen atoms in total. The summed E-state index contributed by atoms with van der Waals surface area (Å²) in [5, 5.41) is 8.64. The predicted molar refractivity (Wildman–Crippen MR) is 75.0 cm³/mol. The van der Waals surface area contributed by atoms with Crippen LogP contribution in [0.3, 0.4) is 0 Å². The molecule has 0 spiro atoms. The van der Waals surface area contributed by atoms with Gasteiger partial charge in [-0.05, 0) is 18.6 Å². The Balaban J connectivity index is 2.52. The van der Waals surface area contributed by atoms with Gasteiger partial charge in [-0.25, -0.2) is 13.1 Å². The molecule has 2 N–H and O–H groups in total. The van der Waals surface area contributed by atoms with Gasteiger partial charge in [-0.15, -0.1) is 11.3 Å². The van der Waals surface area contributed by atoms with Crippen molar-refractivity contribution in [3.63, 3.8) is 0 Å². The summed E-state index contributed by atoms with van der Waals surface area (Å²) in [5.41, 5.74) is 0. The average molecular weight is 305 g/mol. The first-order valence-electron chi connectivity index (χ1n) is 6.26. The van der Waals surface area contributed by atoms with E-state index < -0.39 is 16.0 Å². The first-order valence-corrected chi connectivity index (χ1v) is 8.56. The number of carbonyl (C=O) groups is 1. The van der Waals surface area contributed by atoms with Gasteiger partial charge in [0.15, 0.2) is 0 Å². The van der Waals surface area contributed by atoms with Crippen LogP contribution in [0.2, 0.25) is 0 Å². The van der Waals surface area contributed by atoms with Gasteiger partial charge in [0.2, 0.25) is 10.0 Å². The highest BCUT2D eigenvalue weighted by molar-refractivity contribution is 7.91. The Morgan fingerprint density at radius 1 is 1.32 bits per heavy atom. The molecule has 0 radical (unpaired) electrons. The van der Waals surface area contributed by atoms with Crippen LogP contribution in [0.15, 0.2) is 16.3 Å². The monoisotopic (exact) mass is 305 g/mol. The van der Waals surface area contributed by atoms with Crippen LogP contribution in [-0.4, -0.2) is 26.0 Å². The van der Waals surface area contributed by atoms with E-state index in [-0.39, 0.29) is 10.6 Å². The number of hydrogen-bond acceptors (Lipinski definition) is 4. The molecular formula is C12H19NO4S2. The Labute approximate surface area is 117 Å². The van der Waals surface area contributed by atoms with Crippen LogP contribution >= 0.6 is 11.3 Å². The van der Waals surface area contributed by atoms with Gasteiger partial charge in [-0.1, -0.05) is 26.2 Å². The highest BCUT2D eigenvalue weighted by atomic mass is 32.2. The number of thiophene rings is 1. The lowest BCUT2D eigenvalue weighted by Gasteiger charge is -2.04. The molecule has 0 bridgehead atoms. The minimum Gasteiger partial charge on any atom is -0.481 e. The van der Waals surface area contributed by atoms with Crippen molar-refractivity contribution < 1.29 is 18.3 Å². The van der Waals surface area contributed by atoms with Crippen LogP contribution in [0.4, 0.5) is 0 Å². The molecule has 0 saturated heterocycles. The fourth-order valence-electron chi connectivity index (χ4n) is 1.58. The summed E-state index contributed by atoms with van der Waals surface area (Å²) in [7, 11) is -3.49. The molecule has 0 aliphatic carbocycles. The van der Waals surface area contributed by atoms with E-state index in [9.17, 15) is 13.2 Å². The van der Waals surface area contributed by atoms with Gasteiger partial charge >= 0.3 is 5.97 Å². The van der Waals surface area contributed by atoms with Crippen LogP contribution in [0.25, 0.3) is 0 Å². The number of carboxylic acid groups (broad SMARTS) is 1. The molecule has 0 aromatic carbocycles. The fraction of sp³-hybridized carbons (Fsp3) is 0.583. The van der Waals surface area contributed by atoms with Crippen molar-refractivity contribution in [3.05, 3.63) is 17.0 Å². The molecular weight excluding hydrogens is 286 g/mol. The zero-order valence-corrected chi connectivity index (χ0v) is 12.5. The van der Waals surface area contributed by atoms with Crippen LogP contribution in [0.1, 0.15) is 37.5 Å². The number of unbranched alkanes of at least 4 members (excludes halogenated alkanes) is 3. The SMILES string of the molecule is CCCCCCNS(=O)(=O)c1ccc(CC(=O)O)s1. The van der Waals surface area contributed by atoms with Crippen molar-refractivity contribution in [1.29, 1.82) is 0 Å². The topological polar surface area (TPSA) is 83.5 Å². The van der Waals surface area contributed by atoms with E-state index in [1.807, 2.05) is 0 Å². The van der Waals surface area contributed by atoms with Crippen molar-refractivity contribution in [2.45, 2.75) is 43.2 Å². The Morgan fingerprint density at radius 3 is 2.68 bits per heavy atom. The van der Waals surface area contributed by atoms with Gasteiger partial charge in [0, 0.05) is 11.4 Å². The fourth-order valence-corrected chi connectivity index (χ4v) is 4.04. The average Bonchev–Trinajstić information content (AvgIpc) is 2.77. The van der Waals surface area contributed by atoms with E-state index in [1.54, 1.807) is 6.07 Å². The second kappa shape index (κ2) is 7.62. The van der Waals surface area contributed by atoms with Gasteiger partial charge in [0.1, 0.15) is 4.21 Å². The summed E-state index contributed by atoms with van der Waals surface area (Å²) < 4.78 is 26.5. The number of nitrogens with one attached hydrogen (secondary N) is 1. The second-order valence-corrected chi connectivity index (χ2v) is 7.41. The number of hydrogen-bond donors (Lipinski definition) is 2.